The van der Waals surface area contributed by atoms with Gasteiger partial charge >= 0.3 is 0 Å². The van der Waals surface area contributed by atoms with Gasteiger partial charge in [-0.15, -0.1) is 0 Å². The van der Waals surface area contributed by atoms with E-state index in [0.717, 1.165) is 11.3 Å². The molecule has 2 aromatic carbocycles. The number of carbonyl (C=O) groups is 1. The van der Waals surface area contributed by atoms with E-state index in [0.29, 0.717) is 17.3 Å². The number of halogens is 1. The van der Waals surface area contributed by atoms with Gasteiger partial charge in [-0.2, -0.15) is 0 Å². The van der Waals surface area contributed by atoms with Crippen LogP contribution in [0.2, 0.25) is 5.02 Å². The zero-order valence-corrected chi connectivity index (χ0v) is 13.2. The fourth-order valence-corrected chi connectivity index (χ4v) is 2.46. The van der Waals surface area contributed by atoms with Crippen LogP contribution in [0.15, 0.2) is 71.9 Å². The third-order valence-electron chi connectivity index (χ3n) is 3.57. The van der Waals surface area contributed by atoms with Crippen molar-refractivity contribution in [2.24, 2.45) is 10.9 Å². The van der Waals surface area contributed by atoms with Gasteiger partial charge in [-0.3, -0.25) is 15.2 Å². The van der Waals surface area contributed by atoms with Crippen LogP contribution in [-0.2, 0) is 11.3 Å². The first-order valence-electron chi connectivity index (χ1n) is 7.24. The van der Waals surface area contributed by atoms with Crippen LogP contribution in [0.25, 0.3) is 0 Å². The van der Waals surface area contributed by atoms with E-state index in [1.807, 2.05) is 30.3 Å². The monoisotopic (exact) mass is 325 g/mol. The molecule has 0 radical (unpaired) electrons. The first-order chi connectivity index (χ1) is 11.1. The maximum absolute atomic E-state index is 12.5. The largest absolute Gasteiger partial charge is 0.295 e. The van der Waals surface area contributed by atoms with Crippen LogP contribution in [0, 0.1) is 5.92 Å². The molecule has 1 heterocycles. The molecule has 5 heteroatoms. The van der Waals surface area contributed by atoms with Crippen molar-refractivity contribution in [3.05, 3.63) is 77.5 Å². The summed E-state index contributed by atoms with van der Waals surface area (Å²) in [6.45, 7) is 4.45. The van der Waals surface area contributed by atoms with Gasteiger partial charge in [0, 0.05) is 16.9 Å². The Morgan fingerprint density at radius 2 is 1.87 bits per heavy atom. The Bertz CT molecular complexity index is 741. The van der Waals surface area contributed by atoms with Gasteiger partial charge in [-0.05, 0) is 29.8 Å². The topological polar surface area (TPSA) is 44.7 Å². The van der Waals surface area contributed by atoms with E-state index in [1.54, 1.807) is 30.5 Å². The molecule has 1 amide bonds. The molecule has 2 aromatic rings. The highest BCUT2D eigenvalue weighted by molar-refractivity contribution is 6.30. The molecule has 1 atom stereocenters. The summed E-state index contributed by atoms with van der Waals surface area (Å²) in [5, 5.41) is 2.10. The number of nitrogens with zero attached hydrogens (tertiary/aromatic N) is 2. The Morgan fingerprint density at radius 3 is 2.57 bits per heavy atom. The normalized spacial score (nSPS) is 17.8. The number of hydrogen-bond acceptors (Lipinski definition) is 3. The third kappa shape index (κ3) is 3.43. The molecule has 4 nitrogen and oxygen atoms in total. The van der Waals surface area contributed by atoms with E-state index in [9.17, 15) is 4.79 Å². The molecule has 3 rings (SSSR count). The van der Waals surface area contributed by atoms with Gasteiger partial charge in [-0.1, -0.05) is 48.5 Å². The van der Waals surface area contributed by atoms with Crippen LogP contribution in [0.1, 0.15) is 5.56 Å². The highest BCUT2D eigenvalue weighted by Crippen LogP contribution is 2.24. The van der Waals surface area contributed by atoms with Gasteiger partial charge in [0.25, 0.3) is 5.91 Å². The second-order valence-electron chi connectivity index (χ2n) is 5.24. The molecule has 1 saturated heterocycles. The fraction of sp³-hybridized carbons (Fsp3) is 0.111. The van der Waals surface area contributed by atoms with E-state index in [-0.39, 0.29) is 5.91 Å². The summed E-state index contributed by atoms with van der Waals surface area (Å²) < 4.78 is 0. The van der Waals surface area contributed by atoms with Gasteiger partial charge < -0.3 is 0 Å². The van der Waals surface area contributed by atoms with Crippen molar-refractivity contribution in [3.63, 3.8) is 0 Å². The molecule has 1 N–H and O–H groups in total. The predicted molar refractivity (Wildman–Crippen MR) is 93.3 cm³/mol. The Hall–Kier alpha value is -2.59. The lowest BCUT2D eigenvalue weighted by molar-refractivity contribution is -0.118. The second-order valence-corrected chi connectivity index (χ2v) is 5.68. The van der Waals surface area contributed by atoms with E-state index in [2.05, 4.69) is 17.0 Å². The summed E-state index contributed by atoms with van der Waals surface area (Å²) in [5.41, 5.74) is 5.43. The Labute approximate surface area is 140 Å². The summed E-state index contributed by atoms with van der Waals surface area (Å²) in [7, 11) is 0. The molecular formula is C18H16ClN3O. The molecule has 1 fully saturated rings. The van der Waals surface area contributed by atoms with Crippen molar-refractivity contribution < 1.29 is 4.79 Å². The van der Waals surface area contributed by atoms with Crippen molar-refractivity contribution in [1.82, 2.24) is 5.43 Å². The standard InChI is InChI=1S/C18H16ClN3O/c1-13-17(12-20-11-14-5-3-2-4-6-14)18(23)22(21-13)16-9-7-15(19)8-10-16/h2-10,12,17,21H,1,11H2. The fourth-order valence-electron chi connectivity index (χ4n) is 2.34. The molecule has 0 spiro atoms. The molecular weight excluding hydrogens is 310 g/mol. The number of rotatable bonds is 4. The van der Waals surface area contributed by atoms with Crippen molar-refractivity contribution in [2.45, 2.75) is 6.54 Å². The highest BCUT2D eigenvalue weighted by atomic mass is 35.5. The van der Waals surface area contributed by atoms with Gasteiger partial charge in [0.2, 0.25) is 0 Å². The molecule has 1 aliphatic heterocycles. The Balaban J connectivity index is 1.70. The lowest BCUT2D eigenvalue weighted by Crippen LogP contribution is -2.34. The Kier molecular flexibility index (Phi) is 4.44. The molecule has 0 bridgehead atoms. The number of benzene rings is 2. The van der Waals surface area contributed by atoms with Crippen LogP contribution >= 0.6 is 11.6 Å². The van der Waals surface area contributed by atoms with Crippen LogP contribution < -0.4 is 10.4 Å². The maximum atomic E-state index is 12.5. The number of anilines is 1. The minimum Gasteiger partial charge on any atom is -0.295 e. The summed E-state index contributed by atoms with van der Waals surface area (Å²) in [4.78, 5) is 16.9. The number of nitrogens with one attached hydrogen (secondary N) is 1. The molecule has 0 aromatic heterocycles. The SMILES string of the molecule is C=C1NN(c2ccc(Cl)cc2)C(=O)C1C=NCc1ccccc1. The molecule has 1 aliphatic rings. The summed E-state index contributed by atoms with van der Waals surface area (Å²) >= 11 is 5.88. The average molecular weight is 326 g/mol. The molecule has 0 aliphatic carbocycles. The van der Waals surface area contributed by atoms with Crippen LogP contribution in [0.5, 0.6) is 0 Å². The quantitative estimate of drug-likeness (QED) is 0.873. The maximum Gasteiger partial charge on any atom is 0.260 e. The van der Waals surface area contributed by atoms with E-state index >= 15 is 0 Å². The third-order valence-corrected chi connectivity index (χ3v) is 3.83. The number of hydrazine groups is 1. The van der Waals surface area contributed by atoms with Gasteiger partial charge in [-0.25, -0.2) is 5.01 Å². The van der Waals surface area contributed by atoms with Crippen LogP contribution in [-0.4, -0.2) is 12.1 Å². The van der Waals surface area contributed by atoms with Crippen LogP contribution in [0.4, 0.5) is 5.69 Å². The lowest BCUT2D eigenvalue weighted by Gasteiger charge is -2.16. The van der Waals surface area contributed by atoms with Crippen molar-refractivity contribution in [3.8, 4) is 0 Å². The van der Waals surface area contributed by atoms with Gasteiger partial charge in [0.1, 0.15) is 5.92 Å². The molecule has 23 heavy (non-hydrogen) atoms. The molecule has 116 valence electrons. The second kappa shape index (κ2) is 6.67. The molecule has 0 saturated carbocycles. The number of hydrogen-bond donors (Lipinski definition) is 1. The summed E-state index contributed by atoms with van der Waals surface area (Å²) in [6, 6.07) is 16.9. The minimum absolute atomic E-state index is 0.103. The lowest BCUT2D eigenvalue weighted by atomic mass is 10.1. The minimum atomic E-state index is -0.464. The van der Waals surface area contributed by atoms with Crippen LogP contribution in [0.3, 0.4) is 0 Å². The Morgan fingerprint density at radius 1 is 1.17 bits per heavy atom. The first kappa shape index (κ1) is 15.3. The van der Waals surface area contributed by atoms with Gasteiger partial charge in [0.15, 0.2) is 0 Å². The first-order valence-corrected chi connectivity index (χ1v) is 7.62. The summed E-state index contributed by atoms with van der Waals surface area (Å²) in [5.74, 6) is -0.566. The molecule has 1 unspecified atom stereocenters. The van der Waals surface area contributed by atoms with Crippen molar-refractivity contribution in [2.75, 3.05) is 5.01 Å². The van der Waals surface area contributed by atoms with Gasteiger partial charge in [0.05, 0.1) is 12.2 Å². The zero-order valence-electron chi connectivity index (χ0n) is 12.4. The van der Waals surface area contributed by atoms with E-state index < -0.39 is 5.92 Å². The van der Waals surface area contributed by atoms with E-state index in [4.69, 9.17) is 11.6 Å². The van der Waals surface area contributed by atoms with Crippen molar-refractivity contribution in [1.29, 1.82) is 0 Å². The predicted octanol–water partition coefficient (Wildman–Crippen LogP) is 3.59. The zero-order chi connectivity index (χ0) is 16.2. The smallest absolute Gasteiger partial charge is 0.260 e. The highest BCUT2D eigenvalue weighted by Gasteiger charge is 2.34. The van der Waals surface area contributed by atoms with E-state index in [1.165, 1.54) is 5.01 Å². The number of carbonyl (C=O) groups excluding carboxylic acids is 1. The summed E-state index contributed by atoms with van der Waals surface area (Å²) in [6.07, 6.45) is 1.65. The van der Waals surface area contributed by atoms with Crippen molar-refractivity contribution >= 4 is 29.4 Å². The average Bonchev–Trinajstić information content (AvgIpc) is 2.85. The number of aliphatic imine (C=N–C) groups is 1. The number of amides is 1.